The summed E-state index contributed by atoms with van der Waals surface area (Å²) in [6.45, 7) is 4.00. The summed E-state index contributed by atoms with van der Waals surface area (Å²) < 4.78 is 0. The highest BCUT2D eigenvalue weighted by Gasteiger charge is 1.93. The quantitative estimate of drug-likeness (QED) is 0.696. The Balaban J connectivity index is 0.000000686. The van der Waals surface area contributed by atoms with Gasteiger partial charge in [-0.25, -0.2) is 0 Å². The van der Waals surface area contributed by atoms with Crippen LogP contribution in [-0.4, -0.2) is 0 Å². The molecule has 0 aromatic heterocycles. The van der Waals surface area contributed by atoms with Gasteiger partial charge in [0.05, 0.1) is 0 Å². The third-order valence-corrected chi connectivity index (χ3v) is 2.62. The lowest BCUT2D eigenvalue weighted by Crippen LogP contribution is -1.89. The van der Waals surface area contributed by atoms with Crippen LogP contribution in [0.5, 0.6) is 0 Å². The Morgan fingerprint density at radius 3 is 1.29 bits per heavy atom. The standard InChI is InChI=1S/C15H16.C2H6/c1-3-8-14(9-4-1)12-7-13-15-10-5-2-6-11-15;1-2/h1-6,8-11H,7,12-13H2;1-2H3. The van der Waals surface area contributed by atoms with Crippen molar-refractivity contribution in [2.75, 3.05) is 0 Å². The van der Waals surface area contributed by atoms with Gasteiger partial charge in [-0.15, -0.1) is 0 Å². The van der Waals surface area contributed by atoms with Gasteiger partial charge in [0.2, 0.25) is 0 Å². The van der Waals surface area contributed by atoms with Crippen molar-refractivity contribution in [2.24, 2.45) is 0 Å². The molecule has 0 atom stereocenters. The minimum atomic E-state index is 1.18. The van der Waals surface area contributed by atoms with Crippen molar-refractivity contribution in [1.82, 2.24) is 0 Å². The predicted molar refractivity (Wildman–Crippen MR) is 76.3 cm³/mol. The molecular weight excluding hydrogens is 204 g/mol. The maximum atomic E-state index is 2.20. The van der Waals surface area contributed by atoms with Crippen LogP contribution in [0.3, 0.4) is 0 Å². The molecule has 0 nitrogen and oxygen atoms in total. The first-order valence-corrected chi connectivity index (χ1v) is 6.53. The van der Waals surface area contributed by atoms with Crippen LogP contribution in [0, 0.1) is 0 Å². The Hall–Kier alpha value is -1.56. The molecule has 2 aromatic rings. The Morgan fingerprint density at radius 2 is 0.941 bits per heavy atom. The van der Waals surface area contributed by atoms with Gasteiger partial charge >= 0.3 is 0 Å². The molecule has 0 bridgehead atoms. The number of hydrogen-bond donors (Lipinski definition) is 0. The molecule has 0 aliphatic heterocycles. The summed E-state index contributed by atoms with van der Waals surface area (Å²) in [6, 6.07) is 21.4. The van der Waals surface area contributed by atoms with Gasteiger partial charge in [-0.1, -0.05) is 74.5 Å². The van der Waals surface area contributed by atoms with E-state index in [1.807, 2.05) is 13.8 Å². The largest absolute Gasteiger partial charge is 0.0683 e. The van der Waals surface area contributed by atoms with Crippen molar-refractivity contribution in [2.45, 2.75) is 33.1 Å². The Kier molecular flexibility index (Phi) is 6.81. The van der Waals surface area contributed by atoms with Gasteiger partial charge in [-0.05, 0) is 30.4 Å². The highest BCUT2D eigenvalue weighted by molar-refractivity contribution is 5.17. The molecule has 0 radical (unpaired) electrons. The lowest BCUT2D eigenvalue weighted by molar-refractivity contribution is 0.821. The SMILES string of the molecule is CC.c1ccc(CCCc2ccccc2)cc1. The van der Waals surface area contributed by atoms with Gasteiger partial charge in [0.25, 0.3) is 0 Å². The second-order valence-corrected chi connectivity index (χ2v) is 3.82. The van der Waals surface area contributed by atoms with Gasteiger partial charge in [0.1, 0.15) is 0 Å². The molecule has 0 fully saturated rings. The Labute approximate surface area is 105 Å². The molecule has 0 aliphatic carbocycles. The van der Waals surface area contributed by atoms with E-state index in [9.17, 15) is 0 Å². The molecule has 0 saturated carbocycles. The highest BCUT2D eigenvalue weighted by Crippen LogP contribution is 2.07. The van der Waals surface area contributed by atoms with E-state index >= 15 is 0 Å². The monoisotopic (exact) mass is 226 g/mol. The van der Waals surface area contributed by atoms with Crippen molar-refractivity contribution < 1.29 is 0 Å². The van der Waals surface area contributed by atoms with Crippen molar-refractivity contribution >= 4 is 0 Å². The molecule has 0 spiro atoms. The lowest BCUT2D eigenvalue weighted by Gasteiger charge is -2.01. The smallest absolute Gasteiger partial charge is 0.0276 e. The van der Waals surface area contributed by atoms with E-state index in [1.165, 1.54) is 30.4 Å². The lowest BCUT2D eigenvalue weighted by atomic mass is 10.0. The summed E-state index contributed by atoms with van der Waals surface area (Å²) >= 11 is 0. The van der Waals surface area contributed by atoms with Crippen molar-refractivity contribution in [3.63, 3.8) is 0 Å². The first-order valence-electron chi connectivity index (χ1n) is 6.53. The molecule has 0 N–H and O–H groups in total. The van der Waals surface area contributed by atoms with E-state index in [1.54, 1.807) is 0 Å². The molecule has 2 rings (SSSR count). The van der Waals surface area contributed by atoms with E-state index in [2.05, 4.69) is 60.7 Å². The Morgan fingerprint density at radius 1 is 0.588 bits per heavy atom. The van der Waals surface area contributed by atoms with Crippen LogP contribution in [0.4, 0.5) is 0 Å². The summed E-state index contributed by atoms with van der Waals surface area (Å²) in [7, 11) is 0. The van der Waals surface area contributed by atoms with Crippen molar-refractivity contribution in [3.8, 4) is 0 Å². The highest BCUT2D eigenvalue weighted by atomic mass is 14.0. The van der Waals surface area contributed by atoms with Crippen LogP contribution in [0.15, 0.2) is 60.7 Å². The zero-order valence-corrected chi connectivity index (χ0v) is 10.9. The third kappa shape index (κ3) is 5.35. The minimum Gasteiger partial charge on any atom is -0.0683 e. The molecular formula is C17H22. The molecule has 0 heterocycles. The second kappa shape index (κ2) is 8.58. The molecule has 0 aliphatic rings. The van der Waals surface area contributed by atoms with Gasteiger partial charge in [0.15, 0.2) is 0 Å². The molecule has 2 aromatic carbocycles. The van der Waals surface area contributed by atoms with E-state index in [4.69, 9.17) is 0 Å². The average molecular weight is 226 g/mol. The topological polar surface area (TPSA) is 0 Å². The second-order valence-electron chi connectivity index (χ2n) is 3.82. The van der Waals surface area contributed by atoms with Crippen molar-refractivity contribution in [3.05, 3.63) is 71.8 Å². The normalized spacial score (nSPS) is 9.29. The van der Waals surface area contributed by atoms with Crippen LogP contribution < -0.4 is 0 Å². The van der Waals surface area contributed by atoms with Gasteiger partial charge in [0, 0.05) is 0 Å². The fourth-order valence-corrected chi connectivity index (χ4v) is 1.79. The van der Waals surface area contributed by atoms with Crippen LogP contribution in [0.1, 0.15) is 31.4 Å². The molecule has 0 amide bonds. The molecule has 0 unspecified atom stereocenters. The molecule has 17 heavy (non-hydrogen) atoms. The van der Waals surface area contributed by atoms with Crippen molar-refractivity contribution in [1.29, 1.82) is 0 Å². The summed E-state index contributed by atoms with van der Waals surface area (Å²) in [5, 5.41) is 0. The molecule has 0 saturated heterocycles. The fraction of sp³-hybridized carbons (Fsp3) is 0.294. The number of benzene rings is 2. The first-order chi connectivity index (χ1) is 8.45. The maximum absolute atomic E-state index is 2.20. The summed E-state index contributed by atoms with van der Waals surface area (Å²) in [5.74, 6) is 0. The summed E-state index contributed by atoms with van der Waals surface area (Å²) in [5.41, 5.74) is 2.88. The fourth-order valence-electron chi connectivity index (χ4n) is 1.79. The van der Waals surface area contributed by atoms with Gasteiger partial charge in [-0.3, -0.25) is 0 Å². The number of hydrogen-bond acceptors (Lipinski definition) is 0. The third-order valence-electron chi connectivity index (χ3n) is 2.62. The first kappa shape index (κ1) is 13.5. The zero-order valence-electron chi connectivity index (χ0n) is 10.9. The molecule has 90 valence electrons. The van der Waals surface area contributed by atoms with Gasteiger partial charge < -0.3 is 0 Å². The minimum absolute atomic E-state index is 1.18. The predicted octanol–water partition coefficient (Wildman–Crippen LogP) is 4.89. The van der Waals surface area contributed by atoms with E-state index < -0.39 is 0 Å². The summed E-state index contributed by atoms with van der Waals surface area (Å²) in [4.78, 5) is 0. The van der Waals surface area contributed by atoms with E-state index in [0.29, 0.717) is 0 Å². The molecule has 0 heteroatoms. The van der Waals surface area contributed by atoms with Crippen LogP contribution in [-0.2, 0) is 12.8 Å². The van der Waals surface area contributed by atoms with Crippen LogP contribution >= 0.6 is 0 Å². The van der Waals surface area contributed by atoms with E-state index in [-0.39, 0.29) is 0 Å². The number of aryl methyl sites for hydroxylation is 2. The average Bonchev–Trinajstić information content (AvgIpc) is 2.43. The summed E-state index contributed by atoms with van der Waals surface area (Å²) in [6.07, 6.45) is 3.58. The Bertz CT molecular complexity index is 336. The van der Waals surface area contributed by atoms with Crippen LogP contribution in [0.25, 0.3) is 0 Å². The van der Waals surface area contributed by atoms with E-state index in [0.717, 1.165) is 0 Å². The van der Waals surface area contributed by atoms with Crippen LogP contribution in [0.2, 0.25) is 0 Å². The zero-order chi connectivity index (χ0) is 12.3. The number of rotatable bonds is 4. The maximum Gasteiger partial charge on any atom is -0.0276 e. The van der Waals surface area contributed by atoms with Gasteiger partial charge in [-0.2, -0.15) is 0 Å².